The molecule has 84 valence electrons. The van der Waals surface area contributed by atoms with E-state index in [1.54, 1.807) is 6.33 Å². The fraction of sp³-hybridized carbons (Fsp3) is 0.364. The van der Waals surface area contributed by atoms with E-state index in [4.69, 9.17) is 0 Å². The smallest absolute Gasteiger partial charge is 0.146 e. The number of hydrogen-bond donors (Lipinski definition) is 1. The summed E-state index contributed by atoms with van der Waals surface area (Å²) in [4.78, 5) is 4.11. The van der Waals surface area contributed by atoms with Crippen molar-refractivity contribution in [2.75, 3.05) is 0 Å². The average molecular weight is 217 g/mol. The number of hydrogen-bond acceptors (Lipinski definition) is 4. The Bertz CT molecular complexity index is 463. The molecule has 0 aromatic carbocycles. The zero-order chi connectivity index (χ0) is 11.4. The van der Waals surface area contributed by atoms with E-state index in [1.165, 1.54) is 11.1 Å². The van der Waals surface area contributed by atoms with Crippen LogP contribution in [0.4, 0.5) is 0 Å². The molecule has 0 aliphatic heterocycles. The molecule has 0 aliphatic carbocycles. The van der Waals surface area contributed by atoms with E-state index in [0.29, 0.717) is 6.54 Å². The SMILES string of the molecule is Cc1ccncc1CNCc1nncn1C. The third kappa shape index (κ3) is 2.43. The molecular formula is C11H15N5. The van der Waals surface area contributed by atoms with Crippen molar-refractivity contribution >= 4 is 0 Å². The molecule has 2 aromatic heterocycles. The highest BCUT2D eigenvalue weighted by Crippen LogP contribution is 2.04. The first kappa shape index (κ1) is 10.8. The van der Waals surface area contributed by atoms with E-state index in [-0.39, 0.29) is 0 Å². The lowest BCUT2D eigenvalue weighted by atomic mass is 10.1. The predicted molar refractivity (Wildman–Crippen MR) is 60.5 cm³/mol. The minimum Gasteiger partial charge on any atom is -0.320 e. The van der Waals surface area contributed by atoms with E-state index in [1.807, 2.05) is 30.1 Å². The molecule has 0 saturated heterocycles. The van der Waals surface area contributed by atoms with Crippen molar-refractivity contribution in [2.45, 2.75) is 20.0 Å². The summed E-state index contributed by atoms with van der Waals surface area (Å²) in [5.41, 5.74) is 2.46. The number of aryl methyl sites for hydroxylation is 2. The predicted octanol–water partition coefficient (Wildman–Crippen LogP) is 0.808. The molecule has 0 bridgehead atoms. The molecule has 0 saturated carbocycles. The fourth-order valence-corrected chi connectivity index (χ4v) is 1.46. The number of aromatic nitrogens is 4. The molecule has 2 rings (SSSR count). The highest BCUT2D eigenvalue weighted by Gasteiger charge is 2.01. The van der Waals surface area contributed by atoms with Gasteiger partial charge in [0.15, 0.2) is 0 Å². The van der Waals surface area contributed by atoms with Crippen LogP contribution in [-0.2, 0) is 20.1 Å². The second-order valence-electron chi connectivity index (χ2n) is 3.76. The molecule has 2 aromatic rings. The van der Waals surface area contributed by atoms with Crippen LogP contribution in [-0.4, -0.2) is 19.7 Å². The standard InChI is InChI=1S/C11H15N5/c1-9-3-4-12-5-10(9)6-13-7-11-15-14-8-16(11)2/h3-5,8,13H,6-7H2,1-2H3. The van der Waals surface area contributed by atoms with E-state index < -0.39 is 0 Å². The molecule has 2 heterocycles. The summed E-state index contributed by atoms with van der Waals surface area (Å²) in [5, 5.41) is 11.2. The van der Waals surface area contributed by atoms with Gasteiger partial charge in [0.2, 0.25) is 0 Å². The monoisotopic (exact) mass is 217 g/mol. The Balaban J connectivity index is 1.89. The van der Waals surface area contributed by atoms with Gasteiger partial charge < -0.3 is 9.88 Å². The largest absolute Gasteiger partial charge is 0.320 e. The van der Waals surface area contributed by atoms with Gasteiger partial charge >= 0.3 is 0 Å². The highest BCUT2D eigenvalue weighted by atomic mass is 15.3. The fourth-order valence-electron chi connectivity index (χ4n) is 1.46. The van der Waals surface area contributed by atoms with Crippen molar-refractivity contribution in [3.63, 3.8) is 0 Å². The molecule has 5 nitrogen and oxygen atoms in total. The van der Waals surface area contributed by atoms with Gasteiger partial charge in [-0.3, -0.25) is 4.98 Å². The van der Waals surface area contributed by atoms with Crippen LogP contribution in [0.25, 0.3) is 0 Å². The summed E-state index contributed by atoms with van der Waals surface area (Å²) < 4.78 is 1.91. The second kappa shape index (κ2) is 4.85. The van der Waals surface area contributed by atoms with Gasteiger partial charge in [0.25, 0.3) is 0 Å². The van der Waals surface area contributed by atoms with Gasteiger partial charge in [0, 0.05) is 26.0 Å². The topological polar surface area (TPSA) is 55.6 Å². The van der Waals surface area contributed by atoms with Gasteiger partial charge in [0.1, 0.15) is 12.2 Å². The van der Waals surface area contributed by atoms with E-state index >= 15 is 0 Å². The number of nitrogens with one attached hydrogen (secondary N) is 1. The second-order valence-corrected chi connectivity index (χ2v) is 3.76. The summed E-state index contributed by atoms with van der Waals surface area (Å²) >= 11 is 0. The van der Waals surface area contributed by atoms with E-state index in [9.17, 15) is 0 Å². The van der Waals surface area contributed by atoms with E-state index in [2.05, 4.69) is 27.4 Å². The van der Waals surface area contributed by atoms with Crippen LogP contribution >= 0.6 is 0 Å². The minimum absolute atomic E-state index is 0.713. The Labute approximate surface area is 94.5 Å². The Hall–Kier alpha value is -1.75. The Morgan fingerprint density at radius 3 is 2.94 bits per heavy atom. The van der Waals surface area contributed by atoms with Crippen molar-refractivity contribution in [3.05, 3.63) is 41.7 Å². The quantitative estimate of drug-likeness (QED) is 0.823. The molecule has 0 fully saturated rings. The van der Waals surface area contributed by atoms with Crippen molar-refractivity contribution < 1.29 is 0 Å². The Morgan fingerprint density at radius 1 is 1.38 bits per heavy atom. The van der Waals surface area contributed by atoms with Gasteiger partial charge in [-0.25, -0.2) is 0 Å². The molecule has 0 radical (unpaired) electrons. The first-order valence-electron chi connectivity index (χ1n) is 5.20. The zero-order valence-electron chi connectivity index (χ0n) is 9.51. The van der Waals surface area contributed by atoms with Gasteiger partial charge in [-0.2, -0.15) is 0 Å². The summed E-state index contributed by atoms with van der Waals surface area (Å²) in [6.07, 6.45) is 5.40. The molecule has 0 atom stereocenters. The molecule has 0 amide bonds. The summed E-state index contributed by atoms with van der Waals surface area (Å²) in [6.45, 7) is 3.60. The van der Waals surface area contributed by atoms with Crippen LogP contribution in [0.15, 0.2) is 24.8 Å². The summed E-state index contributed by atoms with van der Waals surface area (Å²) in [5.74, 6) is 0.932. The van der Waals surface area contributed by atoms with Gasteiger partial charge in [-0.15, -0.1) is 10.2 Å². The molecule has 0 aliphatic rings. The third-order valence-corrected chi connectivity index (χ3v) is 2.55. The molecular weight excluding hydrogens is 202 g/mol. The maximum absolute atomic E-state index is 4.11. The summed E-state index contributed by atoms with van der Waals surface area (Å²) in [7, 11) is 1.94. The first-order chi connectivity index (χ1) is 7.77. The number of rotatable bonds is 4. The lowest BCUT2D eigenvalue weighted by molar-refractivity contribution is 0.634. The van der Waals surface area contributed by atoms with Crippen LogP contribution in [0.2, 0.25) is 0 Å². The average Bonchev–Trinajstić information content (AvgIpc) is 2.67. The van der Waals surface area contributed by atoms with Crippen molar-refractivity contribution in [1.82, 2.24) is 25.1 Å². The molecule has 0 unspecified atom stereocenters. The normalized spacial score (nSPS) is 10.6. The third-order valence-electron chi connectivity index (χ3n) is 2.55. The maximum atomic E-state index is 4.11. The van der Waals surface area contributed by atoms with Crippen LogP contribution in [0, 0.1) is 6.92 Å². The van der Waals surface area contributed by atoms with Gasteiger partial charge in [-0.1, -0.05) is 0 Å². The number of nitrogens with zero attached hydrogens (tertiary/aromatic N) is 4. The minimum atomic E-state index is 0.713. The van der Waals surface area contributed by atoms with Crippen LogP contribution in [0.3, 0.4) is 0 Å². The summed E-state index contributed by atoms with van der Waals surface area (Å²) in [6, 6.07) is 2.01. The molecule has 0 spiro atoms. The molecule has 16 heavy (non-hydrogen) atoms. The van der Waals surface area contributed by atoms with Crippen molar-refractivity contribution in [1.29, 1.82) is 0 Å². The van der Waals surface area contributed by atoms with Gasteiger partial charge in [-0.05, 0) is 24.1 Å². The number of pyridine rings is 1. The van der Waals surface area contributed by atoms with Crippen LogP contribution < -0.4 is 5.32 Å². The molecule has 5 heteroatoms. The maximum Gasteiger partial charge on any atom is 0.146 e. The highest BCUT2D eigenvalue weighted by molar-refractivity contribution is 5.20. The first-order valence-corrected chi connectivity index (χ1v) is 5.20. The Kier molecular flexibility index (Phi) is 3.26. The lowest BCUT2D eigenvalue weighted by Gasteiger charge is -2.06. The van der Waals surface area contributed by atoms with Crippen molar-refractivity contribution in [3.8, 4) is 0 Å². The zero-order valence-corrected chi connectivity index (χ0v) is 9.51. The molecule has 1 N–H and O–H groups in total. The van der Waals surface area contributed by atoms with Crippen molar-refractivity contribution in [2.24, 2.45) is 7.05 Å². The van der Waals surface area contributed by atoms with E-state index in [0.717, 1.165) is 12.4 Å². The Morgan fingerprint density at radius 2 is 2.25 bits per heavy atom. The van der Waals surface area contributed by atoms with Gasteiger partial charge in [0.05, 0.1) is 6.54 Å². The van der Waals surface area contributed by atoms with Crippen LogP contribution in [0.1, 0.15) is 17.0 Å². The lowest BCUT2D eigenvalue weighted by Crippen LogP contribution is -2.16. The van der Waals surface area contributed by atoms with Crippen LogP contribution in [0.5, 0.6) is 0 Å².